The van der Waals surface area contributed by atoms with Crippen LogP contribution in [0.2, 0.25) is 0 Å². The SMILES string of the molecule is Cc1nc(S[C@@H](C)c2ncc(C(C)(C)C)o2)sc1C. The molecule has 2 aromatic rings. The molecule has 2 rings (SSSR count). The second-order valence-electron chi connectivity index (χ2n) is 5.69. The Kier molecular flexibility index (Phi) is 4.06. The summed E-state index contributed by atoms with van der Waals surface area (Å²) in [6, 6.07) is 0. The van der Waals surface area contributed by atoms with Crippen molar-refractivity contribution in [2.24, 2.45) is 0 Å². The molecular formula is C14H20N2OS2. The number of hydrogen-bond acceptors (Lipinski definition) is 5. The number of nitrogens with zero attached hydrogens (tertiary/aromatic N) is 2. The highest BCUT2D eigenvalue weighted by molar-refractivity contribution is 8.01. The maximum Gasteiger partial charge on any atom is 0.207 e. The molecule has 1 atom stereocenters. The summed E-state index contributed by atoms with van der Waals surface area (Å²) in [7, 11) is 0. The Morgan fingerprint density at radius 3 is 2.47 bits per heavy atom. The van der Waals surface area contributed by atoms with Crippen LogP contribution >= 0.6 is 23.1 Å². The van der Waals surface area contributed by atoms with Gasteiger partial charge < -0.3 is 4.42 Å². The van der Waals surface area contributed by atoms with Gasteiger partial charge in [-0.1, -0.05) is 32.5 Å². The molecule has 0 aliphatic carbocycles. The maximum absolute atomic E-state index is 5.86. The van der Waals surface area contributed by atoms with E-state index in [9.17, 15) is 0 Å². The summed E-state index contributed by atoms with van der Waals surface area (Å²) in [4.78, 5) is 10.2. The van der Waals surface area contributed by atoms with E-state index < -0.39 is 0 Å². The number of oxazole rings is 1. The second kappa shape index (κ2) is 5.29. The summed E-state index contributed by atoms with van der Waals surface area (Å²) in [5.41, 5.74) is 1.12. The summed E-state index contributed by atoms with van der Waals surface area (Å²) in [5.74, 6) is 1.71. The van der Waals surface area contributed by atoms with Crippen molar-refractivity contribution in [1.82, 2.24) is 9.97 Å². The van der Waals surface area contributed by atoms with E-state index in [0.29, 0.717) is 0 Å². The van der Waals surface area contributed by atoms with E-state index in [1.165, 1.54) is 4.88 Å². The van der Waals surface area contributed by atoms with Gasteiger partial charge in [0.2, 0.25) is 5.89 Å². The van der Waals surface area contributed by atoms with Crippen molar-refractivity contribution in [1.29, 1.82) is 0 Å². The van der Waals surface area contributed by atoms with Gasteiger partial charge in [-0.2, -0.15) is 0 Å². The number of aryl methyl sites for hydroxylation is 2. The predicted molar refractivity (Wildman–Crippen MR) is 81.1 cm³/mol. The van der Waals surface area contributed by atoms with Gasteiger partial charge in [-0.3, -0.25) is 0 Å². The van der Waals surface area contributed by atoms with Gasteiger partial charge in [0, 0.05) is 10.3 Å². The number of rotatable bonds is 3. The fraction of sp³-hybridized carbons (Fsp3) is 0.571. The molecule has 0 amide bonds. The lowest BCUT2D eigenvalue weighted by Crippen LogP contribution is -2.09. The molecule has 0 aliphatic heterocycles. The highest BCUT2D eigenvalue weighted by Gasteiger charge is 2.22. The molecule has 0 spiro atoms. The molecular weight excluding hydrogens is 276 g/mol. The molecule has 2 heterocycles. The predicted octanol–water partition coefficient (Wildman–Crippen LogP) is 4.90. The highest BCUT2D eigenvalue weighted by Crippen LogP contribution is 2.38. The lowest BCUT2D eigenvalue weighted by Gasteiger charge is -2.13. The van der Waals surface area contributed by atoms with Crippen LogP contribution in [0.3, 0.4) is 0 Å². The molecule has 0 aromatic carbocycles. The van der Waals surface area contributed by atoms with Crippen LogP contribution in [0.25, 0.3) is 0 Å². The minimum Gasteiger partial charge on any atom is -0.444 e. The van der Waals surface area contributed by atoms with Crippen LogP contribution in [0.15, 0.2) is 15.0 Å². The van der Waals surface area contributed by atoms with E-state index in [1.54, 1.807) is 23.1 Å². The molecule has 0 N–H and O–H groups in total. The third kappa shape index (κ3) is 3.39. The average molecular weight is 296 g/mol. The molecule has 0 saturated carbocycles. The van der Waals surface area contributed by atoms with Crippen LogP contribution in [0.1, 0.15) is 55.2 Å². The van der Waals surface area contributed by atoms with E-state index in [-0.39, 0.29) is 10.7 Å². The van der Waals surface area contributed by atoms with Crippen molar-refractivity contribution in [3.8, 4) is 0 Å². The van der Waals surface area contributed by atoms with Crippen molar-refractivity contribution >= 4 is 23.1 Å². The van der Waals surface area contributed by atoms with Crippen LogP contribution in [0, 0.1) is 13.8 Å². The van der Waals surface area contributed by atoms with Crippen molar-refractivity contribution < 1.29 is 4.42 Å². The van der Waals surface area contributed by atoms with Gasteiger partial charge in [-0.25, -0.2) is 9.97 Å². The molecule has 2 aromatic heterocycles. The quantitative estimate of drug-likeness (QED) is 0.755. The van der Waals surface area contributed by atoms with Gasteiger partial charge in [-0.15, -0.1) is 11.3 Å². The molecule has 0 bridgehead atoms. The zero-order chi connectivity index (χ0) is 14.2. The van der Waals surface area contributed by atoms with Crippen LogP contribution in [-0.2, 0) is 5.41 Å². The zero-order valence-corrected chi connectivity index (χ0v) is 13.9. The maximum atomic E-state index is 5.86. The number of thiazole rings is 1. The van der Waals surface area contributed by atoms with Gasteiger partial charge in [0.1, 0.15) is 5.76 Å². The number of thioether (sulfide) groups is 1. The van der Waals surface area contributed by atoms with E-state index >= 15 is 0 Å². The standard InChI is InChI=1S/C14H20N2OS2/c1-8-9(2)18-13(16-8)19-10(3)12-15-7-11(17-12)14(4,5)6/h7,10H,1-6H3/t10-/m0/s1. The third-order valence-corrected chi connectivity index (χ3v) is 5.15. The first-order chi connectivity index (χ1) is 8.77. The van der Waals surface area contributed by atoms with Crippen molar-refractivity contribution in [3.05, 3.63) is 28.4 Å². The van der Waals surface area contributed by atoms with Crippen molar-refractivity contribution in [2.45, 2.75) is 56.5 Å². The molecule has 3 nitrogen and oxygen atoms in total. The molecule has 0 fully saturated rings. The van der Waals surface area contributed by atoms with Gasteiger partial charge in [0.25, 0.3) is 0 Å². The lowest BCUT2D eigenvalue weighted by atomic mass is 9.94. The minimum atomic E-state index is 0.00396. The summed E-state index contributed by atoms with van der Waals surface area (Å²) in [6.07, 6.45) is 1.84. The Labute approximate surface area is 122 Å². The first-order valence-electron chi connectivity index (χ1n) is 6.34. The summed E-state index contributed by atoms with van der Waals surface area (Å²) in [6.45, 7) is 12.6. The van der Waals surface area contributed by atoms with Crippen LogP contribution in [-0.4, -0.2) is 9.97 Å². The second-order valence-corrected chi connectivity index (χ2v) is 8.49. The third-order valence-electron chi connectivity index (χ3n) is 2.90. The molecule has 0 saturated heterocycles. The molecule has 0 unspecified atom stereocenters. The van der Waals surface area contributed by atoms with E-state index in [0.717, 1.165) is 21.7 Å². The van der Waals surface area contributed by atoms with Gasteiger partial charge in [0.05, 0.1) is 17.1 Å². The average Bonchev–Trinajstić information content (AvgIpc) is 2.86. The van der Waals surface area contributed by atoms with E-state index in [1.807, 2.05) is 13.1 Å². The Balaban J connectivity index is 2.12. The normalized spacial score (nSPS) is 13.8. The Morgan fingerprint density at radius 1 is 1.32 bits per heavy atom. The highest BCUT2D eigenvalue weighted by atomic mass is 32.2. The van der Waals surface area contributed by atoms with Crippen molar-refractivity contribution in [3.63, 3.8) is 0 Å². The lowest BCUT2D eigenvalue weighted by molar-refractivity contribution is 0.383. The largest absolute Gasteiger partial charge is 0.444 e. The molecule has 0 radical (unpaired) electrons. The van der Waals surface area contributed by atoms with Gasteiger partial charge >= 0.3 is 0 Å². The monoisotopic (exact) mass is 296 g/mol. The van der Waals surface area contributed by atoms with E-state index in [4.69, 9.17) is 4.42 Å². The summed E-state index contributed by atoms with van der Waals surface area (Å²) >= 11 is 3.44. The number of hydrogen-bond donors (Lipinski definition) is 0. The summed E-state index contributed by atoms with van der Waals surface area (Å²) < 4.78 is 6.95. The Morgan fingerprint density at radius 2 is 2.00 bits per heavy atom. The van der Waals surface area contributed by atoms with Crippen LogP contribution < -0.4 is 0 Å². The first-order valence-corrected chi connectivity index (χ1v) is 8.04. The Bertz CT molecular complexity index is 547. The summed E-state index contributed by atoms with van der Waals surface area (Å²) in [5, 5.41) is 0.182. The molecule has 0 aliphatic rings. The molecule has 5 heteroatoms. The van der Waals surface area contributed by atoms with Gasteiger partial charge in [0.15, 0.2) is 4.34 Å². The molecule has 19 heavy (non-hydrogen) atoms. The van der Waals surface area contributed by atoms with E-state index in [2.05, 4.69) is 44.6 Å². The van der Waals surface area contributed by atoms with Crippen molar-refractivity contribution in [2.75, 3.05) is 0 Å². The topological polar surface area (TPSA) is 38.9 Å². The minimum absolute atomic E-state index is 0.00396. The fourth-order valence-electron chi connectivity index (χ4n) is 1.52. The smallest absolute Gasteiger partial charge is 0.207 e. The molecule has 104 valence electrons. The van der Waals surface area contributed by atoms with Crippen LogP contribution in [0.4, 0.5) is 0 Å². The number of aromatic nitrogens is 2. The fourth-order valence-corrected chi connectivity index (χ4v) is 3.86. The van der Waals surface area contributed by atoms with Gasteiger partial charge in [-0.05, 0) is 20.8 Å². The Hall–Kier alpha value is -0.810. The zero-order valence-electron chi connectivity index (χ0n) is 12.3. The first kappa shape index (κ1) is 14.6. The van der Waals surface area contributed by atoms with Crippen LogP contribution in [0.5, 0.6) is 0 Å².